The Balaban J connectivity index is 3.64. The van der Waals surface area contributed by atoms with Crippen LogP contribution in [0.5, 0.6) is 0 Å². The molecule has 0 bridgehead atoms. The van der Waals surface area contributed by atoms with Gasteiger partial charge >= 0.3 is 5.97 Å². The largest absolute Gasteiger partial charge is 0.481 e. The number of nitrogens with one attached hydrogen (secondary N) is 1. The molecule has 1 amide bonds. The average molecular weight is 235 g/mol. The first kappa shape index (κ1) is 14.1. The van der Waals surface area contributed by atoms with E-state index in [4.69, 9.17) is 5.11 Å². The summed E-state index contributed by atoms with van der Waals surface area (Å²) in [6, 6.07) is 0. The Hall–Kier alpha value is -0.910. The number of aliphatic carboxylic acids is 1. The number of hydrogen-bond acceptors (Lipinski definition) is 3. The molecule has 0 aliphatic heterocycles. The third-order valence-corrected chi connectivity index (χ3v) is 2.55. The van der Waals surface area contributed by atoms with Crippen LogP contribution in [-0.4, -0.2) is 39.7 Å². The van der Waals surface area contributed by atoms with Crippen LogP contribution in [0.4, 0.5) is 0 Å². The molecular weight excluding hydrogens is 218 g/mol. The summed E-state index contributed by atoms with van der Waals surface area (Å²) in [5.41, 5.74) is 0. The SMILES string of the molecule is CC(CC(=O)O)CC(=O)NCCS(C)=O. The van der Waals surface area contributed by atoms with Gasteiger partial charge in [0.05, 0.1) is 0 Å². The van der Waals surface area contributed by atoms with Crippen molar-refractivity contribution in [2.75, 3.05) is 18.6 Å². The summed E-state index contributed by atoms with van der Waals surface area (Å²) in [5.74, 6) is -0.826. The Morgan fingerprint density at radius 1 is 1.40 bits per heavy atom. The molecule has 0 rings (SSSR count). The van der Waals surface area contributed by atoms with E-state index in [9.17, 15) is 13.8 Å². The lowest BCUT2D eigenvalue weighted by molar-refractivity contribution is -0.138. The zero-order chi connectivity index (χ0) is 11.8. The van der Waals surface area contributed by atoms with Gasteiger partial charge in [-0.1, -0.05) is 6.92 Å². The number of carboxylic acid groups (broad SMARTS) is 1. The van der Waals surface area contributed by atoms with Gasteiger partial charge in [-0.15, -0.1) is 0 Å². The van der Waals surface area contributed by atoms with Crippen molar-refractivity contribution < 1.29 is 18.9 Å². The predicted octanol–water partition coefficient (Wildman–Crippen LogP) is -0.0180. The van der Waals surface area contributed by atoms with E-state index >= 15 is 0 Å². The van der Waals surface area contributed by atoms with E-state index in [1.807, 2.05) is 0 Å². The first-order valence-electron chi connectivity index (χ1n) is 4.70. The van der Waals surface area contributed by atoms with E-state index in [-0.39, 0.29) is 24.7 Å². The summed E-state index contributed by atoms with van der Waals surface area (Å²) in [6.45, 7) is 2.09. The van der Waals surface area contributed by atoms with Crippen LogP contribution < -0.4 is 5.32 Å². The highest BCUT2D eigenvalue weighted by atomic mass is 32.2. The van der Waals surface area contributed by atoms with Crippen molar-refractivity contribution in [3.05, 3.63) is 0 Å². The molecule has 0 heterocycles. The Morgan fingerprint density at radius 2 is 2.00 bits per heavy atom. The Kier molecular flexibility index (Phi) is 6.94. The van der Waals surface area contributed by atoms with Gasteiger partial charge in [0.15, 0.2) is 0 Å². The zero-order valence-electron chi connectivity index (χ0n) is 8.99. The third kappa shape index (κ3) is 9.40. The van der Waals surface area contributed by atoms with Crippen LogP contribution in [0.3, 0.4) is 0 Å². The molecule has 88 valence electrons. The van der Waals surface area contributed by atoms with Gasteiger partial charge in [-0.2, -0.15) is 0 Å². The van der Waals surface area contributed by atoms with E-state index in [1.54, 1.807) is 13.2 Å². The molecule has 2 N–H and O–H groups in total. The molecule has 0 aliphatic rings. The van der Waals surface area contributed by atoms with Crippen molar-refractivity contribution >= 4 is 22.7 Å². The fourth-order valence-corrected chi connectivity index (χ4v) is 1.48. The molecule has 0 spiro atoms. The Bertz CT molecular complexity index is 254. The third-order valence-electron chi connectivity index (χ3n) is 1.77. The van der Waals surface area contributed by atoms with Crippen molar-refractivity contribution in [1.29, 1.82) is 0 Å². The molecule has 5 nitrogen and oxygen atoms in total. The second-order valence-electron chi connectivity index (χ2n) is 3.53. The fourth-order valence-electron chi connectivity index (χ4n) is 1.09. The molecule has 0 aromatic carbocycles. The Labute approximate surface area is 91.7 Å². The van der Waals surface area contributed by atoms with Crippen molar-refractivity contribution in [1.82, 2.24) is 5.32 Å². The van der Waals surface area contributed by atoms with E-state index in [0.29, 0.717) is 12.3 Å². The van der Waals surface area contributed by atoms with Crippen molar-refractivity contribution in [3.63, 3.8) is 0 Å². The quantitative estimate of drug-likeness (QED) is 0.649. The number of amides is 1. The van der Waals surface area contributed by atoms with Crippen molar-refractivity contribution in [2.24, 2.45) is 5.92 Å². The molecular formula is C9H17NO4S. The number of hydrogen-bond donors (Lipinski definition) is 2. The van der Waals surface area contributed by atoms with Crippen molar-refractivity contribution in [2.45, 2.75) is 19.8 Å². The molecule has 2 atom stereocenters. The van der Waals surface area contributed by atoms with Crippen molar-refractivity contribution in [3.8, 4) is 0 Å². The Morgan fingerprint density at radius 3 is 2.47 bits per heavy atom. The molecule has 0 radical (unpaired) electrons. The average Bonchev–Trinajstić information content (AvgIpc) is 2.00. The lowest BCUT2D eigenvalue weighted by Crippen LogP contribution is -2.29. The number of carbonyl (C=O) groups excluding carboxylic acids is 1. The van der Waals surface area contributed by atoms with Gasteiger partial charge in [-0.05, 0) is 5.92 Å². The lowest BCUT2D eigenvalue weighted by atomic mass is 10.0. The van der Waals surface area contributed by atoms with Crippen LogP contribution in [-0.2, 0) is 20.4 Å². The second-order valence-corrected chi connectivity index (χ2v) is 5.09. The van der Waals surface area contributed by atoms with Gasteiger partial charge in [0.25, 0.3) is 0 Å². The summed E-state index contributed by atoms with van der Waals surface area (Å²) in [5, 5.41) is 11.1. The molecule has 0 fully saturated rings. The van der Waals surface area contributed by atoms with Crippen LogP contribution in [0.25, 0.3) is 0 Å². The molecule has 15 heavy (non-hydrogen) atoms. The van der Waals surface area contributed by atoms with E-state index in [0.717, 1.165) is 0 Å². The smallest absolute Gasteiger partial charge is 0.303 e. The minimum absolute atomic E-state index is 0.00682. The first-order chi connectivity index (χ1) is 6.91. The maximum absolute atomic E-state index is 11.2. The van der Waals surface area contributed by atoms with E-state index < -0.39 is 16.8 Å². The van der Waals surface area contributed by atoms with Crippen LogP contribution in [0.2, 0.25) is 0 Å². The zero-order valence-corrected chi connectivity index (χ0v) is 9.80. The molecule has 2 unspecified atom stereocenters. The normalized spacial score (nSPS) is 14.3. The molecule has 0 saturated carbocycles. The molecule has 0 saturated heterocycles. The summed E-state index contributed by atoms with van der Waals surface area (Å²) in [4.78, 5) is 21.5. The number of carbonyl (C=O) groups is 2. The maximum atomic E-state index is 11.2. The summed E-state index contributed by atoms with van der Waals surface area (Å²) < 4.78 is 10.7. The fraction of sp³-hybridized carbons (Fsp3) is 0.778. The monoisotopic (exact) mass is 235 g/mol. The van der Waals surface area contributed by atoms with Crippen LogP contribution in [0.15, 0.2) is 0 Å². The van der Waals surface area contributed by atoms with Crippen LogP contribution in [0, 0.1) is 5.92 Å². The highest BCUT2D eigenvalue weighted by molar-refractivity contribution is 7.84. The first-order valence-corrected chi connectivity index (χ1v) is 6.43. The molecule has 6 heteroatoms. The standard InChI is InChI=1S/C9H17NO4S/c1-7(6-9(12)13)5-8(11)10-3-4-15(2)14/h7H,3-6H2,1-2H3,(H,10,11)(H,12,13). The number of rotatable bonds is 7. The minimum Gasteiger partial charge on any atom is -0.481 e. The topological polar surface area (TPSA) is 83.5 Å². The minimum atomic E-state index is -0.913. The summed E-state index contributed by atoms with van der Waals surface area (Å²) in [6.07, 6.45) is 1.76. The predicted molar refractivity (Wildman–Crippen MR) is 58.0 cm³/mol. The van der Waals surface area contributed by atoms with E-state index in [2.05, 4.69) is 5.32 Å². The molecule has 0 aromatic rings. The molecule has 0 aliphatic carbocycles. The lowest BCUT2D eigenvalue weighted by Gasteiger charge is -2.08. The highest BCUT2D eigenvalue weighted by Crippen LogP contribution is 2.06. The van der Waals surface area contributed by atoms with Gasteiger partial charge in [0.2, 0.25) is 5.91 Å². The van der Waals surface area contributed by atoms with Gasteiger partial charge in [0.1, 0.15) is 0 Å². The van der Waals surface area contributed by atoms with Crippen LogP contribution in [0.1, 0.15) is 19.8 Å². The maximum Gasteiger partial charge on any atom is 0.303 e. The van der Waals surface area contributed by atoms with Gasteiger partial charge < -0.3 is 10.4 Å². The molecule has 0 aromatic heterocycles. The summed E-state index contributed by atoms with van der Waals surface area (Å²) >= 11 is 0. The van der Waals surface area contributed by atoms with Gasteiger partial charge in [-0.3, -0.25) is 13.8 Å². The van der Waals surface area contributed by atoms with Gasteiger partial charge in [-0.25, -0.2) is 0 Å². The highest BCUT2D eigenvalue weighted by Gasteiger charge is 2.11. The number of carboxylic acids is 1. The van der Waals surface area contributed by atoms with Crippen LogP contribution >= 0.6 is 0 Å². The van der Waals surface area contributed by atoms with Gasteiger partial charge in [0, 0.05) is 42.2 Å². The summed E-state index contributed by atoms with van der Waals surface area (Å²) in [7, 11) is -0.913. The second kappa shape index (κ2) is 7.39. The van der Waals surface area contributed by atoms with E-state index in [1.165, 1.54) is 0 Å².